The largest absolute Gasteiger partial charge is 0.449 e. The topological polar surface area (TPSA) is 111 Å². The van der Waals surface area contributed by atoms with E-state index < -0.39 is 22.9 Å². The number of amides is 1. The summed E-state index contributed by atoms with van der Waals surface area (Å²) in [6, 6.07) is 13.3. The van der Waals surface area contributed by atoms with Gasteiger partial charge in [0, 0.05) is 17.1 Å². The van der Waals surface area contributed by atoms with Gasteiger partial charge < -0.3 is 10.1 Å². The smallest absolute Gasteiger partial charge is 0.339 e. The van der Waals surface area contributed by atoms with Crippen molar-refractivity contribution in [3.63, 3.8) is 0 Å². The Labute approximate surface area is 203 Å². The minimum atomic E-state index is -1.16. The fourth-order valence-electron chi connectivity index (χ4n) is 4.61. The molecule has 1 amide bonds. The van der Waals surface area contributed by atoms with Crippen LogP contribution in [0.2, 0.25) is 0 Å². The quantitative estimate of drug-likeness (QED) is 0.297. The summed E-state index contributed by atoms with van der Waals surface area (Å²) in [4.78, 5) is 41.8. The van der Waals surface area contributed by atoms with Gasteiger partial charge in [-0.3, -0.25) is 19.9 Å². The lowest BCUT2D eigenvalue weighted by molar-refractivity contribution is -0.383. The summed E-state index contributed by atoms with van der Waals surface area (Å²) in [5.74, 6) is -0.865. The number of para-hydroxylation sites is 3. The van der Waals surface area contributed by atoms with Crippen LogP contribution in [0.1, 0.15) is 55.7 Å². The second-order valence-electron chi connectivity index (χ2n) is 10.0. The highest BCUT2D eigenvalue weighted by molar-refractivity contribution is 6.06. The first-order valence-electron chi connectivity index (χ1n) is 11.7. The molecule has 1 aliphatic carbocycles. The molecule has 1 aromatic heterocycles. The third-order valence-corrected chi connectivity index (χ3v) is 6.70. The van der Waals surface area contributed by atoms with E-state index in [9.17, 15) is 19.7 Å². The van der Waals surface area contributed by atoms with E-state index in [1.54, 1.807) is 6.07 Å². The van der Waals surface area contributed by atoms with Gasteiger partial charge in [-0.15, -0.1) is 0 Å². The fourth-order valence-corrected chi connectivity index (χ4v) is 4.61. The van der Waals surface area contributed by atoms with Gasteiger partial charge in [0.2, 0.25) is 0 Å². The number of aromatic nitrogens is 1. The van der Waals surface area contributed by atoms with Gasteiger partial charge in [-0.1, -0.05) is 51.1 Å². The molecule has 1 aliphatic rings. The zero-order chi connectivity index (χ0) is 25.3. The van der Waals surface area contributed by atoms with E-state index in [-0.39, 0.29) is 16.8 Å². The highest BCUT2D eigenvalue weighted by atomic mass is 16.6. The summed E-state index contributed by atoms with van der Waals surface area (Å²) in [5, 5.41) is 14.5. The number of nitro benzene ring substituents is 1. The number of benzene rings is 2. The van der Waals surface area contributed by atoms with E-state index in [4.69, 9.17) is 9.72 Å². The molecule has 0 bridgehead atoms. The average Bonchev–Trinajstić information content (AvgIpc) is 2.81. The SMILES string of the molecule is CC(OC(=O)c1c2c(nc3ccccc13)CCC(C(C)(C)C)C2)C(=O)Nc1ccccc1[N+](=O)[O-]. The molecular formula is C27H29N3O5. The fraction of sp³-hybridized carbons (Fsp3) is 0.370. The number of rotatable bonds is 5. The number of pyridine rings is 1. The van der Waals surface area contributed by atoms with Crippen LogP contribution in [0.15, 0.2) is 48.5 Å². The number of hydrogen-bond donors (Lipinski definition) is 1. The van der Waals surface area contributed by atoms with Crippen LogP contribution in [-0.4, -0.2) is 27.9 Å². The van der Waals surface area contributed by atoms with Gasteiger partial charge in [0.15, 0.2) is 6.10 Å². The number of nitrogens with zero attached hydrogens (tertiary/aromatic N) is 2. The molecule has 182 valence electrons. The molecule has 2 atom stereocenters. The third kappa shape index (κ3) is 5.01. The minimum Gasteiger partial charge on any atom is -0.449 e. The highest BCUT2D eigenvalue weighted by Crippen LogP contribution is 2.39. The number of hydrogen-bond acceptors (Lipinski definition) is 6. The number of carbonyl (C=O) groups excluding carboxylic acids is 2. The molecule has 8 nitrogen and oxygen atoms in total. The highest BCUT2D eigenvalue weighted by Gasteiger charge is 2.34. The van der Waals surface area contributed by atoms with Crippen LogP contribution in [0.3, 0.4) is 0 Å². The normalized spacial score (nSPS) is 16.3. The summed E-state index contributed by atoms with van der Waals surface area (Å²) in [6.45, 7) is 8.05. The van der Waals surface area contributed by atoms with E-state index in [0.29, 0.717) is 28.8 Å². The van der Waals surface area contributed by atoms with Crippen LogP contribution in [0, 0.1) is 21.4 Å². The number of anilines is 1. The summed E-state index contributed by atoms with van der Waals surface area (Å²) < 4.78 is 5.62. The van der Waals surface area contributed by atoms with Gasteiger partial charge in [-0.2, -0.15) is 0 Å². The number of carbonyl (C=O) groups is 2. The van der Waals surface area contributed by atoms with Gasteiger partial charge in [0.1, 0.15) is 5.69 Å². The lowest BCUT2D eigenvalue weighted by Gasteiger charge is -2.35. The molecule has 35 heavy (non-hydrogen) atoms. The van der Waals surface area contributed by atoms with Crippen LogP contribution in [0.25, 0.3) is 10.9 Å². The van der Waals surface area contributed by atoms with Crippen LogP contribution in [0.5, 0.6) is 0 Å². The van der Waals surface area contributed by atoms with E-state index in [1.165, 1.54) is 25.1 Å². The summed E-state index contributed by atoms with van der Waals surface area (Å²) in [6.07, 6.45) is 1.31. The first-order chi connectivity index (χ1) is 16.6. The molecule has 1 N–H and O–H groups in total. The first kappa shape index (κ1) is 24.3. The Morgan fingerprint density at radius 1 is 1.14 bits per heavy atom. The standard InChI is InChI=1S/C27H29N3O5/c1-16(25(31)29-22-11-7-8-12-23(22)30(33)34)35-26(32)24-18-9-5-6-10-20(18)28-21-14-13-17(15-19(21)24)27(2,3)4/h5-12,16-17H,13-15H2,1-4H3,(H,29,31). The zero-order valence-electron chi connectivity index (χ0n) is 20.3. The maximum atomic E-state index is 13.5. The lowest BCUT2D eigenvalue weighted by atomic mass is 9.70. The Bertz CT molecular complexity index is 1310. The first-order valence-corrected chi connectivity index (χ1v) is 11.7. The molecule has 1 heterocycles. The zero-order valence-corrected chi connectivity index (χ0v) is 20.3. The average molecular weight is 476 g/mol. The van der Waals surface area contributed by atoms with Crippen LogP contribution in [0.4, 0.5) is 11.4 Å². The molecule has 0 spiro atoms. The molecule has 2 unspecified atom stereocenters. The van der Waals surface area contributed by atoms with E-state index in [2.05, 4.69) is 26.1 Å². The molecule has 0 saturated carbocycles. The number of nitro groups is 1. The van der Waals surface area contributed by atoms with E-state index in [0.717, 1.165) is 24.1 Å². The summed E-state index contributed by atoms with van der Waals surface area (Å²) >= 11 is 0. The van der Waals surface area contributed by atoms with Crippen molar-refractivity contribution in [1.29, 1.82) is 0 Å². The second-order valence-corrected chi connectivity index (χ2v) is 10.0. The third-order valence-electron chi connectivity index (χ3n) is 6.70. The van der Waals surface area contributed by atoms with E-state index in [1.807, 2.05) is 24.3 Å². The van der Waals surface area contributed by atoms with Gasteiger partial charge >= 0.3 is 5.97 Å². The van der Waals surface area contributed by atoms with E-state index >= 15 is 0 Å². The van der Waals surface area contributed by atoms with Crippen molar-refractivity contribution in [2.45, 2.75) is 53.1 Å². The number of esters is 1. The molecule has 3 aromatic rings. The Kier molecular flexibility index (Phi) is 6.56. The van der Waals surface area contributed by atoms with Crippen molar-refractivity contribution in [1.82, 2.24) is 4.98 Å². The molecular weight excluding hydrogens is 446 g/mol. The van der Waals surface area contributed by atoms with Gasteiger partial charge in [-0.05, 0) is 55.2 Å². The Balaban J connectivity index is 1.64. The van der Waals surface area contributed by atoms with Crippen LogP contribution >= 0.6 is 0 Å². The van der Waals surface area contributed by atoms with Crippen LogP contribution < -0.4 is 5.32 Å². The summed E-state index contributed by atoms with van der Waals surface area (Å²) in [7, 11) is 0. The van der Waals surface area contributed by atoms with Crippen molar-refractivity contribution in [2.75, 3.05) is 5.32 Å². The predicted molar refractivity (Wildman–Crippen MR) is 133 cm³/mol. The molecule has 0 radical (unpaired) electrons. The Morgan fingerprint density at radius 2 is 1.83 bits per heavy atom. The van der Waals surface area contributed by atoms with Crippen LogP contribution in [-0.2, 0) is 22.4 Å². The number of aryl methyl sites for hydroxylation is 1. The molecule has 4 rings (SSSR count). The van der Waals surface area contributed by atoms with Crippen molar-refractivity contribution in [2.24, 2.45) is 11.3 Å². The molecule has 8 heteroatoms. The van der Waals surface area contributed by atoms with Crippen molar-refractivity contribution >= 4 is 34.2 Å². The molecule has 0 saturated heterocycles. The maximum Gasteiger partial charge on any atom is 0.339 e. The molecule has 0 aliphatic heterocycles. The second kappa shape index (κ2) is 9.44. The van der Waals surface area contributed by atoms with Gasteiger partial charge in [0.25, 0.3) is 11.6 Å². The maximum absolute atomic E-state index is 13.5. The predicted octanol–water partition coefficient (Wildman–Crippen LogP) is 5.48. The van der Waals surface area contributed by atoms with Crippen molar-refractivity contribution < 1.29 is 19.2 Å². The lowest BCUT2D eigenvalue weighted by Crippen LogP contribution is -2.32. The van der Waals surface area contributed by atoms with Gasteiger partial charge in [0.05, 0.1) is 16.0 Å². The van der Waals surface area contributed by atoms with Gasteiger partial charge in [-0.25, -0.2) is 4.79 Å². The number of fused-ring (bicyclic) bond motifs is 2. The van der Waals surface area contributed by atoms with Crippen molar-refractivity contribution in [3.8, 4) is 0 Å². The minimum absolute atomic E-state index is 0.0464. The molecule has 2 aromatic carbocycles. The monoisotopic (exact) mass is 475 g/mol. The Morgan fingerprint density at radius 3 is 2.54 bits per heavy atom. The summed E-state index contributed by atoms with van der Waals surface area (Å²) in [5.41, 5.74) is 2.82. The van der Waals surface area contributed by atoms with Crippen molar-refractivity contribution in [3.05, 3.63) is 75.5 Å². The Hall–Kier alpha value is -3.81. The number of nitrogens with one attached hydrogen (secondary N) is 1. The molecule has 0 fully saturated rings. The number of ether oxygens (including phenoxy) is 1.